The van der Waals surface area contributed by atoms with Crippen molar-refractivity contribution >= 4 is 39.5 Å². The first kappa shape index (κ1) is 31.3. The summed E-state index contributed by atoms with van der Waals surface area (Å²) in [5.74, 6) is 1.96. The molecule has 0 bridgehead atoms. The summed E-state index contributed by atoms with van der Waals surface area (Å²) in [6.45, 7) is 10.1. The molecule has 0 aromatic heterocycles. The molecule has 0 aliphatic heterocycles. The zero-order chi connectivity index (χ0) is 27.3. The Morgan fingerprint density at radius 1 is 1.17 bits per heavy atom. The van der Waals surface area contributed by atoms with E-state index >= 15 is 0 Å². The number of carbonyl (C=O) groups is 2. The summed E-state index contributed by atoms with van der Waals surface area (Å²) >= 11 is 3.20. The van der Waals surface area contributed by atoms with E-state index in [1.165, 1.54) is 31.4 Å². The van der Waals surface area contributed by atoms with E-state index < -0.39 is 4.92 Å². The SMILES string of the molecule is CC.CCC1CCC(C(=O)Nc2ccc(C)c(OC)c2)CC1.CCc1c(Br)cc([N+](=O)[O-])cc1C=O. The molecule has 1 aliphatic rings. The van der Waals surface area contributed by atoms with E-state index in [-0.39, 0.29) is 17.5 Å². The topological polar surface area (TPSA) is 98.5 Å². The van der Waals surface area contributed by atoms with Crippen molar-refractivity contribution in [1.29, 1.82) is 0 Å². The van der Waals surface area contributed by atoms with Crippen LogP contribution in [0.15, 0.2) is 34.8 Å². The van der Waals surface area contributed by atoms with Crippen molar-refractivity contribution in [3.8, 4) is 5.75 Å². The Morgan fingerprint density at radius 2 is 1.81 bits per heavy atom. The number of hydrogen-bond donors (Lipinski definition) is 1. The standard InChI is InChI=1S/C17H25NO2.C9H8BrNO3.C2H6/c1-4-13-6-8-14(9-7-13)17(19)18-15-10-5-12(2)16(11-15)20-3;1-2-8-6(5-12)3-7(11(13)14)4-9(8)10;1-2/h5,10-11,13-14H,4,6-9H2,1-3H3,(H,18,19);3-5H,2H2,1H3;1-2H3. The Balaban J connectivity index is 0.000000356. The summed E-state index contributed by atoms with van der Waals surface area (Å²) in [6.07, 6.45) is 6.95. The molecule has 36 heavy (non-hydrogen) atoms. The van der Waals surface area contributed by atoms with Gasteiger partial charge in [0.15, 0.2) is 6.29 Å². The number of anilines is 1. The maximum atomic E-state index is 12.3. The molecule has 7 nitrogen and oxygen atoms in total. The number of rotatable bonds is 7. The molecule has 0 unspecified atom stereocenters. The monoisotopic (exact) mass is 562 g/mol. The third-order valence-corrected chi connectivity index (χ3v) is 7.08. The highest BCUT2D eigenvalue weighted by Crippen LogP contribution is 2.32. The first-order chi connectivity index (χ1) is 17.2. The summed E-state index contributed by atoms with van der Waals surface area (Å²) in [5, 5.41) is 13.5. The lowest BCUT2D eigenvalue weighted by molar-refractivity contribution is -0.385. The number of amides is 1. The van der Waals surface area contributed by atoms with Crippen LogP contribution in [0.2, 0.25) is 0 Å². The maximum absolute atomic E-state index is 12.3. The highest BCUT2D eigenvalue weighted by Gasteiger charge is 2.25. The zero-order valence-corrected chi connectivity index (χ0v) is 23.8. The summed E-state index contributed by atoms with van der Waals surface area (Å²) in [6, 6.07) is 8.50. The number of carbonyl (C=O) groups excluding carboxylic acids is 2. The summed E-state index contributed by atoms with van der Waals surface area (Å²) in [4.78, 5) is 32.9. The van der Waals surface area contributed by atoms with Crippen LogP contribution in [0.25, 0.3) is 0 Å². The van der Waals surface area contributed by atoms with Gasteiger partial charge in [-0.05, 0) is 62.1 Å². The molecule has 2 aromatic carbocycles. The number of aldehydes is 1. The average Bonchev–Trinajstić information content (AvgIpc) is 2.90. The lowest BCUT2D eigenvalue weighted by Gasteiger charge is -2.27. The highest BCUT2D eigenvalue weighted by molar-refractivity contribution is 9.10. The summed E-state index contributed by atoms with van der Waals surface area (Å²) in [7, 11) is 1.65. The quantitative estimate of drug-likeness (QED) is 0.210. The van der Waals surface area contributed by atoms with Crippen LogP contribution in [-0.2, 0) is 11.2 Å². The van der Waals surface area contributed by atoms with Crippen LogP contribution in [0.5, 0.6) is 5.75 Å². The van der Waals surface area contributed by atoms with Gasteiger partial charge in [0.05, 0.1) is 12.0 Å². The van der Waals surface area contributed by atoms with Crippen LogP contribution in [-0.4, -0.2) is 24.2 Å². The highest BCUT2D eigenvalue weighted by atomic mass is 79.9. The molecule has 3 rings (SSSR count). The molecule has 1 fully saturated rings. The minimum Gasteiger partial charge on any atom is -0.496 e. The van der Waals surface area contributed by atoms with Crippen molar-refractivity contribution in [1.82, 2.24) is 0 Å². The molecule has 0 heterocycles. The third kappa shape index (κ3) is 9.04. The number of nitro benzene ring substituents is 1. The van der Waals surface area contributed by atoms with Gasteiger partial charge in [0, 0.05) is 39.8 Å². The van der Waals surface area contributed by atoms with Gasteiger partial charge in [-0.3, -0.25) is 19.7 Å². The third-order valence-electron chi connectivity index (χ3n) is 6.38. The molecule has 0 spiro atoms. The Labute approximate surface area is 223 Å². The van der Waals surface area contributed by atoms with E-state index in [1.54, 1.807) is 7.11 Å². The van der Waals surface area contributed by atoms with E-state index in [9.17, 15) is 19.7 Å². The number of hydrogen-bond acceptors (Lipinski definition) is 5. The van der Waals surface area contributed by atoms with Crippen LogP contribution in [0.4, 0.5) is 11.4 Å². The molecule has 0 atom stereocenters. The Morgan fingerprint density at radius 3 is 2.31 bits per heavy atom. The molecule has 0 saturated heterocycles. The molecule has 1 amide bonds. The lowest BCUT2D eigenvalue weighted by atomic mass is 9.80. The molecule has 1 saturated carbocycles. The van der Waals surface area contributed by atoms with Gasteiger partial charge in [0.1, 0.15) is 5.75 Å². The maximum Gasteiger partial charge on any atom is 0.271 e. The van der Waals surface area contributed by atoms with Gasteiger partial charge in [-0.2, -0.15) is 0 Å². The molecule has 2 aromatic rings. The number of halogens is 1. The van der Waals surface area contributed by atoms with Crippen molar-refractivity contribution in [3.63, 3.8) is 0 Å². The van der Waals surface area contributed by atoms with Gasteiger partial charge in [0.25, 0.3) is 5.69 Å². The van der Waals surface area contributed by atoms with Gasteiger partial charge in [0.2, 0.25) is 5.91 Å². The Bertz CT molecular complexity index is 1020. The fourth-order valence-corrected chi connectivity index (χ4v) is 4.95. The predicted octanol–water partition coefficient (Wildman–Crippen LogP) is 7.92. The van der Waals surface area contributed by atoms with Gasteiger partial charge >= 0.3 is 0 Å². The first-order valence-electron chi connectivity index (χ1n) is 12.6. The number of benzene rings is 2. The lowest BCUT2D eigenvalue weighted by Crippen LogP contribution is -2.27. The second kappa shape index (κ2) is 16.1. The van der Waals surface area contributed by atoms with Crippen LogP contribution in [0, 0.1) is 28.9 Å². The van der Waals surface area contributed by atoms with Gasteiger partial charge in [-0.25, -0.2) is 0 Å². The van der Waals surface area contributed by atoms with E-state index in [0.717, 1.165) is 41.3 Å². The normalized spacial score (nSPS) is 16.4. The van der Waals surface area contributed by atoms with Crippen molar-refractivity contribution < 1.29 is 19.2 Å². The number of non-ortho nitro benzene ring substituents is 1. The average molecular weight is 564 g/mol. The largest absolute Gasteiger partial charge is 0.496 e. The number of nitro groups is 1. The number of aryl methyl sites for hydroxylation is 1. The van der Waals surface area contributed by atoms with E-state index in [0.29, 0.717) is 22.7 Å². The van der Waals surface area contributed by atoms with Crippen LogP contribution < -0.4 is 10.1 Å². The van der Waals surface area contributed by atoms with E-state index in [1.807, 2.05) is 45.9 Å². The fraction of sp³-hybridized carbons (Fsp3) is 0.500. The smallest absolute Gasteiger partial charge is 0.271 e. The fourth-order valence-electron chi connectivity index (χ4n) is 4.20. The zero-order valence-electron chi connectivity index (χ0n) is 22.2. The van der Waals surface area contributed by atoms with Crippen LogP contribution >= 0.6 is 15.9 Å². The van der Waals surface area contributed by atoms with Gasteiger partial charge in [-0.1, -0.05) is 56.1 Å². The molecular weight excluding hydrogens is 524 g/mol. The number of methoxy groups -OCH3 is 1. The molecule has 0 radical (unpaired) electrons. The number of ether oxygens (including phenoxy) is 1. The van der Waals surface area contributed by atoms with E-state index in [2.05, 4.69) is 28.2 Å². The van der Waals surface area contributed by atoms with Crippen molar-refractivity contribution in [2.75, 3.05) is 12.4 Å². The second-order valence-corrected chi connectivity index (χ2v) is 9.38. The predicted molar refractivity (Wildman–Crippen MR) is 149 cm³/mol. The molecule has 8 heteroatoms. The summed E-state index contributed by atoms with van der Waals surface area (Å²) in [5.41, 5.74) is 3.00. The molecule has 1 N–H and O–H groups in total. The van der Waals surface area contributed by atoms with Gasteiger partial charge in [-0.15, -0.1) is 0 Å². The number of nitrogens with one attached hydrogen (secondary N) is 1. The van der Waals surface area contributed by atoms with E-state index in [4.69, 9.17) is 4.74 Å². The number of nitrogens with zero attached hydrogens (tertiary/aromatic N) is 1. The Hall–Kier alpha value is -2.74. The van der Waals surface area contributed by atoms with Crippen LogP contribution in [0.3, 0.4) is 0 Å². The van der Waals surface area contributed by atoms with Crippen molar-refractivity contribution in [2.24, 2.45) is 11.8 Å². The first-order valence-corrected chi connectivity index (χ1v) is 13.4. The molecular formula is C28H39BrN2O5. The molecule has 198 valence electrons. The summed E-state index contributed by atoms with van der Waals surface area (Å²) < 4.78 is 5.90. The van der Waals surface area contributed by atoms with Gasteiger partial charge < -0.3 is 10.1 Å². The minimum atomic E-state index is -0.517. The Kier molecular flexibility index (Phi) is 14.0. The van der Waals surface area contributed by atoms with Crippen molar-refractivity contribution in [3.05, 3.63) is 61.6 Å². The second-order valence-electron chi connectivity index (χ2n) is 8.52. The van der Waals surface area contributed by atoms with Crippen molar-refractivity contribution in [2.45, 2.75) is 73.1 Å². The van der Waals surface area contributed by atoms with Crippen LogP contribution in [0.1, 0.15) is 81.3 Å². The minimum absolute atomic E-state index is 0.0730. The molecule has 1 aliphatic carbocycles.